The van der Waals surface area contributed by atoms with Gasteiger partial charge < -0.3 is 9.47 Å². The van der Waals surface area contributed by atoms with Crippen LogP contribution in [0.3, 0.4) is 0 Å². The van der Waals surface area contributed by atoms with Crippen molar-refractivity contribution in [3.63, 3.8) is 0 Å². The van der Waals surface area contributed by atoms with Crippen LogP contribution in [-0.2, 0) is 9.53 Å². The number of ether oxygens (including phenoxy) is 2. The standard InChI is InChI=1S/C17H19F2NO3/c1-2-9-22-13-6-3-11(4-7-13)17(21)23-14-8-5-12(10-20)15(18)16(14)19/h5,8,11,13H,2-4,6-7,9H2,1H3. The van der Waals surface area contributed by atoms with Crippen LogP contribution in [0.1, 0.15) is 44.6 Å². The van der Waals surface area contributed by atoms with Crippen LogP contribution in [0.25, 0.3) is 0 Å². The Morgan fingerprint density at radius 2 is 1.96 bits per heavy atom. The molecule has 0 heterocycles. The van der Waals surface area contributed by atoms with Crippen LogP contribution in [-0.4, -0.2) is 18.7 Å². The lowest BCUT2D eigenvalue weighted by molar-refractivity contribution is -0.141. The zero-order chi connectivity index (χ0) is 16.8. The Balaban J connectivity index is 1.93. The van der Waals surface area contributed by atoms with Gasteiger partial charge in [0.1, 0.15) is 6.07 Å². The Kier molecular flexibility index (Phi) is 6.05. The minimum Gasteiger partial charge on any atom is -0.423 e. The van der Waals surface area contributed by atoms with E-state index in [2.05, 4.69) is 0 Å². The summed E-state index contributed by atoms with van der Waals surface area (Å²) in [5.74, 6) is -3.99. The fraction of sp³-hybridized carbons (Fsp3) is 0.529. The van der Waals surface area contributed by atoms with Gasteiger partial charge in [0.05, 0.1) is 17.6 Å². The van der Waals surface area contributed by atoms with E-state index in [4.69, 9.17) is 14.7 Å². The van der Waals surface area contributed by atoms with Crippen LogP contribution < -0.4 is 4.74 Å². The summed E-state index contributed by atoms with van der Waals surface area (Å²) in [6.07, 6.45) is 3.82. The molecule has 0 aromatic heterocycles. The van der Waals surface area contributed by atoms with Crippen LogP contribution >= 0.6 is 0 Å². The first-order valence-electron chi connectivity index (χ1n) is 7.78. The molecule has 1 aliphatic rings. The van der Waals surface area contributed by atoms with E-state index >= 15 is 0 Å². The SMILES string of the molecule is CCCOC1CCC(C(=O)Oc2ccc(C#N)c(F)c2F)CC1. The maximum Gasteiger partial charge on any atom is 0.314 e. The van der Waals surface area contributed by atoms with Gasteiger partial charge >= 0.3 is 5.97 Å². The molecule has 23 heavy (non-hydrogen) atoms. The normalized spacial score (nSPS) is 20.8. The number of benzene rings is 1. The van der Waals surface area contributed by atoms with Crippen molar-refractivity contribution in [2.24, 2.45) is 5.92 Å². The summed E-state index contributed by atoms with van der Waals surface area (Å²) in [7, 11) is 0. The molecule has 0 unspecified atom stereocenters. The van der Waals surface area contributed by atoms with Crippen LogP contribution in [0.15, 0.2) is 12.1 Å². The van der Waals surface area contributed by atoms with Gasteiger partial charge in [0.25, 0.3) is 0 Å². The van der Waals surface area contributed by atoms with Gasteiger partial charge in [-0.05, 0) is 44.2 Å². The van der Waals surface area contributed by atoms with Crippen LogP contribution in [0, 0.1) is 28.9 Å². The maximum absolute atomic E-state index is 13.8. The molecule has 0 aliphatic heterocycles. The van der Waals surface area contributed by atoms with E-state index in [1.165, 1.54) is 6.07 Å². The first kappa shape index (κ1) is 17.4. The monoisotopic (exact) mass is 323 g/mol. The topological polar surface area (TPSA) is 59.3 Å². The Morgan fingerprint density at radius 1 is 1.26 bits per heavy atom. The summed E-state index contributed by atoms with van der Waals surface area (Å²) in [5.41, 5.74) is -0.420. The molecule has 4 nitrogen and oxygen atoms in total. The number of halogens is 2. The third-order valence-corrected chi connectivity index (χ3v) is 3.94. The summed E-state index contributed by atoms with van der Waals surface area (Å²) in [4.78, 5) is 12.1. The molecule has 1 fully saturated rings. The molecule has 1 aromatic carbocycles. The van der Waals surface area contributed by atoms with Crippen molar-refractivity contribution >= 4 is 5.97 Å². The van der Waals surface area contributed by atoms with E-state index < -0.39 is 28.9 Å². The zero-order valence-electron chi connectivity index (χ0n) is 13.0. The van der Waals surface area contributed by atoms with Gasteiger partial charge in [-0.15, -0.1) is 0 Å². The first-order valence-corrected chi connectivity index (χ1v) is 7.78. The number of nitrogens with zero attached hydrogens (tertiary/aromatic N) is 1. The Morgan fingerprint density at radius 3 is 2.57 bits per heavy atom. The minimum atomic E-state index is -1.31. The predicted molar refractivity (Wildman–Crippen MR) is 78.7 cm³/mol. The number of hydrogen-bond donors (Lipinski definition) is 0. The lowest BCUT2D eigenvalue weighted by atomic mass is 9.87. The van der Waals surface area contributed by atoms with Crippen molar-refractivity contribution in [2.45, 2.75) is 45.1 Å². The number of nitriles is 1. The number of rotatable bonds is 5. The molecule has 0 N–H and O–H groups in total. The molecule has 0 bridgehead atoms. The highest BCUT2D eigenvalue weighted by molar-refractivity contribution is 5.75. The molecular weight excluding hydrogens is 304 g/mol. The van der Waals surface area contributed by atoms with Gasteiger partial charge in [-0.3, -0.25) is 4.79 Å². The largest absolute Gasteiger partial charge is 0.423 e. The van der Waals surface area contributed by atoms with E-state index in [-0.39, 0.29) is 12.0 Å². The fourth-order valence-electron chi connectivity index (χ4n) is 2.64. The number of carbonyl (C=O) groups excluding carboxylic acids is 1. The molecule has 6 heteroatoms. The van der Waals surface area contributed by atoms with E-state index in [1.807, 2.05) is 6.92 Å². The fourth-order valence-corrected chi connectivity index (χ4v) is 2.64. The first-order chi connectivity index (χ1) is 11.1. The second-order valence-corrected chi connectivity index (χ2v) is 5.62. The van der Waals surface area contributed by atoms with Gasteiger partial charge in [-0.2, -0.15) is 9.65 Å². The molecule has 0 amide bonds. The van der Waals surface area contributed by atoms with E-state index in [1.54, 1.807) is 0 Å². The minimum absolute atomic E-state index is 0.156. The second kappa shape index (κ2) is 8.02. The van der Waals surface area contributed by atoms with Crippen molar-refractivity contribution in [1.82, 2.24) is 0 Å². The molecule has 1 saturated carbocycles. The average molecular weight is 323 g/mol. The quantitative estimate of drug-likeness (QED) is 0.612. The summed E-state index contributed by atoms with van der Waals surface area (Å²) >= 11 is 0. The Bertz CT molecular complexity index is 605. The van der Waals surface area contributed by atoms with Gasteiger partial charge in [-0.1, -0.05) is 6.92 Å². The summed E-state index contributed by atoms with van der Waals surface area (Å²) in [6, 6.07) is 3.73. The number of hydrogen-bond acceptors (Lipinski definition) is 4. The molecular formula is C17H19F2NO3. The smallest absolute Gasteiger partial charge is 0.314 e. The third kappa shape index (κ3) is 4.26. The Labute approximate surface area is 134 Å². The van der Waals surface area contributed by atoms with Gasteiger partial charge in [0.15, 0.2) is 11.6 Å². The zero-order valence-corrected chi connectivity index (χ0v) is 13.0. The van der Waals surface area contributed by atoms with Crippen molar-refractivity contribution in [3.8, 4) is 11.8 Å². The molecule has 1 aliphatic carbocycles. The van der Waals surface area contributed by atoms with Gasteiger partial charge in [0, 0.05) is 6.61 Å². The predicted octanol–water partition coefficient (Wildman–Crippen LogP) is 3.73. The summed E-state index contributed by atoms with van der Waals surface area (Å²) < 4.78 is 37.9. The second-order valence-electron chi connectivity index (χ2n) is 5.62. The van der Waals surface area contributed by atoms with Crippen LogP contribution in [0.4, 0.5) is 8.78 Å². The summed E-state index contributed by atoms with van der Waals surface area (Å²) in [6.45, 7) is 2.74. The lowest BCUT2D eigenvalue weighted by Gasteiger charge is -2.27. The van der Waals surface area contributed by atoms with Crippen LogP contribution in [0.2, 0.25) is 0 Å². The van der Waals surface area contributed by atoms with E-state index in [9.17, 15) is 13.6 Å². The van der Waals surface area contributed by atoms with Crippen LogP contribution in [0.5, 0.6) is 5.75 Å². The number of esters is 1. The molecule has 124 valence electrons. The molecule has 2 rings (SSSR count). The van der Waals surface area contributed by atoms with E-state index in [0.29, 0.717) is 19.4 Å². The van der Waals surface area contributed by atoms with Crippen molar-refractivity contribution < 1.29 is 23.0 Å². The number of carbonyl (C=O) groups is 1. The Hall–Kier alpha value is -2.00. The molecule has 0 saturated heterocycles. The highest BCUT2D eigenvalue weighted by atomic mass is 19.2. The van der Waals surface area contributed by atoms with Crippen molar-refractivity contribution in [3.05, 3.63) is 29.3 Å². The van der Waals surface area contributed by atoms with Gasteiger partial charge in [-0.25, -0.2) is 4.39 Å². The molecule has 0 atom stereocenters. The van der Waals surface area contributed by atoms with Crippen molar-refractivity contribution in [1.29, 1.82) is 5.26 Å². The van der Waals surface area contributed by atoms with Gasteiger partial charge in [0.2, 0.25) is 5.82 Å². The summed E-state index contributed by atoms with van der Waals surface area (Å²) in [5, 5.41) is 8.63. The molecule has 0 spiro atoms. The highest BCUT2D eigenvalue weighted by Gasteiger charge is 2.29. The molecule has 1 aromatic rings. The van der Waals surface area contributed by atoms with Crippen molar-refractivity contribution in [2.75, 3.05) is 6.61 Å². The highest BCUT2D eigenvalue weighted by Crippen LogP contribution is 2.29. The molecule has 0 radical (unpaired) electrons. The average Bonchev–Trinajstić information content (AvgIpc) is 2.57. The van der Waals surface area contributed by atoms with E-state index in [0.717, 1.165) is 31.4 Å². The maximum atomic E-state index is 13.8. The third-order valence-electron chi connectivity index (χ3n) is 3.94. The lowest BCUT2D eigenvalue weighted by Crippen LogP contribution is -2.29.